The molecule has 28 heavy (non-hydrogen) atoms. The van der Waals surface area contributed by atoms with E-state index in [1.807, 2.05) is 0 Å². The predicted molar refractivity (Wildman–Crippen MR) is 112 cm³/mol. The third-order valence-electron chi connectivity index (χ3n) is 10.5. The average molecular weight is 391 g/mol. The van der Waals surface area contributed by atoms with Crippen molar-refractivity contribution in [2.24, 2.45) is 46.3 Å². The molecular weight excluding hydrogens is 348 g/mol. The topological polar surface area (TPSA) is 57.5 Å². The van der Waals surface area contributed by atoms with Gasteiger partial charge in [0.1, 0.15) is 5.78 Å². The van der Waals surface area contributed by atoms with Crippen LogP contribution in [0.4, 0.5) is 0 Å². The Morgan fingerprint density at radius 3 is 2.50 bits per heavy atom. The normalized spacial score (nSPS) is 51.7. The van der Waals surface area contributed by atoms with Crippen LogP contribution in [0.2, 0.25) is 0 Å². The molecule has 0 saturated heterocycles. The van der Waals surface area contributed by atoms with E-state index < -0.39 is 0 Å². The van der Waals surface area contributed by atoms with Crippen LogP contribution in [-0.2, 0) is 4.79 Å². The molecule has 160 valence electrons. The van der Waals surface area contributed by atoms with Gasteiger partial charge in [-0.3, -0.25) is 0 Å². The minimum atomic E-state index is -0.214. The summed E-state index contributed by atoms with van der Waals surface area (Å²) in [5.41, 5.74) is 0.331. The molecule has 2 N–H and O–H groups in total. The van der Waals surface area contributed by atoms with Crippen LogP contribution in [-0.4, -0.2) is 28.2 Å². The lowest BCUT2D eigenvalue weighted by Gasteiger charge is -2.62. The minimum Gasteiger partial charge on any atom is -0.393 e. The third kappa shape index (κ3) is 3.11. The number of rotatable bonds is 4. The van der Waals surface area contributed by atoms with Gasteiger partial charge in [-0.1, -0.05) is 20.8 Å². The highest BCUT2D eigenvalue weighted by atomic mass is 16.3. The standard InChI is InChI=1S/C25H42O3/c1-15(5-6-16(2)26)20-9-10-21-19-8-7-17-13-18(27)11-12-24(17,3)22(19)14-23(28)25(20,21)4/h15,17-23,27-28H,5-14H2,1-4H3/t15-,17-,18-,19?,20-,21+,22+,23+,24+,25-/m1/s1. The smallest absolute Gasteiger partial charge is 0.129 e. The highest BCUT2D eigenvalue weighted by Crippen LogP contribution is 2.68. The molecule has 4 saturated carbocycles. The fraction of sp³-hybridized carbons (Fsp3) is 0.960. The van der Waals surface area contributed by atoms with Gasteiger partial charge in [0.05, 0.1) is 12.2 Å². The molecule has 1 unspecified atom stereocenters. The van der Waals surface area contributed by atoms with Crippen molar-refractivity contribution >= 4 is 5.78 Å². The second-order valence-corrected chi connectivity index (χ2v) is 11.6. The minimum absolute atomic E-state index is 0.0226. The summed E-state index contributed by atoms with van der Waals surface area (Å²) < 4.78 is 0. The Balaban J connectivity index is 1.56. The number of fused-ring (bicyclic) bond motifs is 5. The first-order valence-electron chi connectivity index (χ1n) is 12.0. The van der Waals surface area contributed by atoms with E-state index in [1.165, 1.54) is 25.7 Å². The molecule has 4 rings (SSSR count). The molecule has 4 aliphatic carbocycles. The zero-order valence-corrected chi connectivity index (χ0v) is 18.5. The molecule has 4 fully saturated rings. The number of Topliss-reactive ketones (excluding diaryl/α,β-unsaturated/α-hetero) is 1. The van der Waals surface area contributed by atoms with Crippen LogP contribution < -0.4 is 0 Å². The van der Waals surface area contributed by atoms with E-state index in [1.54, 1.807) is 6.92 Å². The van der Waals surface area contributed by atoms with Gasteiger partial charge in [0.2, 0.25) is 0 Å². The third-order valence-corrected chi connectivity index (χ3v) is 10.5. The molecule has 0 amide bonds. The Morgan fingerprint density at radius 2 is 1.79 bits per heavy atom. The van der Waals surface area contributed by atoms with Crippen LogP contribution in [0.3, 0.4) is 0 Å². The lowest BCUT2D eigenvalue weighted by Crippen LogP contribution is -2.58. The molecule has 0 aliphatic heterocycles. The number of carbonyl (C=O) groups excluding carboxylic acids is 1. The summed E-state index contributed by atoms with van der Waals surface area (Å²) in [4.78, 5) is 11.5. The van der Waals surface area contributed by atoms with Crippen LogP contribution >= 0.6 is 0 Å². The van der Waals surface area contributed by atoms with E-state index in [0.29, 0.717) is 47.2 Å². The van der Waals surface area contributed by atoms with Crippen molar-refractivity contribution in [2.75, 3.05) is 0 Å². The van der Waals surface area contributed by atoms with Gasteiger partial charge in [0.15, 0.2) is 0 Å². The van der Waals surface area contributed by atoms with Crippen LogP contribution in [0, 0.1) is 46.3 Å². The first-order chi connectivity index (χ1) is 13.2. The lowest BCUT2D eigenvalue weighted by molar-refractivity contribution is -0.174. The van der Waals surface area contributed by atoms with Crippen molar-refractivity contribution in [3.63, 3.8) is 0 Å². The zero-order valence-electron chi connectivity index (χ0n) is 18.5. The van der Waals surface area contributed by atoms with E-state index in [-0.39, 0.29) is 17.6 Å². The van der Waals surface area contributed by atoms with E-state index in [2.05, 4.69) is 20.8 Å². The van der Waals surface area contributed by atoms with Crippen LogP contribution in [0.25, 0.3) is 0 Å². The van der Waals surface area contributed by atoms with E-state index in [4.69, 9.17) is 0 Å². The summed E-state index contributed by atoms with van der Waals surface area (Å²) in [5, 5.41) is 21.7. The predicted octanol–water partition coefficient (Wildman–Crippen LogP) is 4.98. The average Bonchev–Trinajstić information content (AvgIpc) is 3.00. The zero-order chi connectivity index (χ0) is 20.3. The monoisotopic (exact) mass is 390 g/mol. The van der Waals surface area contributed by atoms with Gasteiger partial charge in [0, 0.05) is 6.42 Å². The molecule has 0 aromatic carbocycles. The van der Waals surface area contributed by atoms with Crippen molar-refractivity contribution in [2.45, 2.75) is 104 Å². The number of hydrogen-bond donors (Lipinski definition) is 2. The number of ketones is 1. The van der Waals surface area contributed by atoms with Gasteiger partial charge in [-0.15, -0.1) is 0 Å². The Morgan fingerprint density at radius 1 is 1.04 bits per heavy atom. The quantitative estimate of drug-likeness (QED) is 0.711. The summed E-state index contributed by atoms with van der Waals surface area (Å²) in [6, 6.07) is 0. The molecule has 0 aromatic rings. The number of aliphatic hydroxyl groups is 2. The van der Waals surface area contributed by atoms with Crippen LogP contribution in [0.1, 0.15) is 91.9 Å². The van der Waals surface area contributed by atoms with Crippen molar-refractivity contribution < 1.29 is 15.0 Å². The fourth-order valence-corrected chi connectivity index (χ4v) is 8.79. The molecule has 0 radical (unpaired) electrons. The van der Waals surface area contributed by atoms with Gasteiger partial charge in [0.25, 0.3) is 0 Å². The molecule has 3 heteroatoms. The second-order valence-electron chi connectivity index (χ2n) is 11.6. The summed E-state index contributed by atoms with van der Waals surface area (Å²) in [6.45, 7) is 8.89. The number of carbonyl (C=O) groups is 1. The highest BCUT2D eigenvalue weighted by molar-refractivity contribution is 5.75. The maximum Gasteiger partial charge on any atom is 0.129 e. The molecule has 0 bridgehead atoms. The molecular formula is C25H42O3. The molecule has 0 spiro atoms. The molecule has 3 nitrogen and oxygen atoms in total. The summed E-state index contributed by atoms with van der Waals surface area (Å²) >= 11 is 0. The second kappa shape index (κ2) is 7.38. The number of aliphatic hydroxyl groups excluding tert-OH is 2. The molecule has 4 aliphatic rings. The Hall–Kier alpha value is -0.410. The molecule has 0 heterocycles. The van der Waals surface area contributed by atoms with Crippen LogP contribution in [0.15, 0.2) is 0 Å². The van der Waals surface area contributed by atoms with Crippen molar-refractivity contribution in [3.05, 3.63) is 0 Å². The van der Waals surface area contributed by atoms with Crippen molar-refractivity contribution in [1.82, 2.24) is 0 Å². The summed E-state index contributed by atoms with van der Waals surface area (Å²) in [6.07, 6.45) is 10.4. The van der Waals surface area contributed by atoms with Gasteiger partial charge in [-0.05, 0) is 111 Å². The maximum absolute atomic E-state index is 11.5. The summed E-state index contributed by atoms with van der Waals surface area (Å²) in [7, 11) is 0. The maximum atomic E-state index is 11.5. The van der Waals surface area contributed by atoms with Crippen LogP contribution in [0.5, 0.6) is 0 Å². The Bertz CT molecular complexity index is 603. The molecule has 0 aromatic heterocycles. The van der Waals surface area contributed by atoms with Gasteiger partial charge in [-0.2, -0.15) is 0 Å². The largest absolute Gasteiger partial charge is 0.393 e. The van der Waals surface area contributed by atoms with Crippen molar-refractivity contribution in [3.8, 4) is 0 Å². The first kappa shape index (κ1) is 20.8. The van der Waals surface area contributed by atoms with Gasteiger partial charge < -0.3 is 15.0 Å². The SMILES string of the molecule is CC(=O)CC[C@@H](C)[C@H]1CC[C@H]2C3CC[C@@H]4C[C@H](O)CC[C@]4(C)[C@H]3C[C@H](O)[C@]12C. The van der Waals surface area contributed by atoms with Gasteiger partial charge >= 0.3 is 0 Å². The van der Waals surface area contributed by atoms with Gasteiger partial charge in [-0.25, -0.2) is 0 Å². The lowest BCUT2D eigenvalue weighted by atomic mass is 9.43. The first-order valence-corrected chi connectivity index (χ1v) is 12.0. The van der Waals surface area contributed by atoms with E-state index >= 15 is 0 Å². The fourth-order valence-electron chi connectivity index (χ4n) is 8.79. The van der Waals surface area contributed by atoms with E-state index in [0.717, 1.165) is 38.0 Å². The highest BCUT2D eigenvalue weighted by Gasteiger charge is 2.63. The van der Waals surface area contributed by atoms with E-state index in [9.17, 15) is 15.0 Å². The summed E-state index contributed by atoms with van der Waals surface area (Å²) in [5.74, 6) is 4.00. The number of hydrogen-bond acceptors (Lipinski definition) is 3. The van der Waals surface area contributed by atoms with Crippen molar-refractivity contribution in [1.29, 1.82) is 0 Å². The molecule has 10 atom stereocenters. The Kier molecular flexibility index (Phi) is 5.49. The Labute approximate surface area is 171 Å².